The molecule has 0 aromatic carbocycles. The maximum absolute atomic E-state index is 11.9. The number of nitrogens with one attached hydrogen (secondary N) is 1. The summed E-state index contributed by atoms with van der Waals surface area (Å²) in [5, 5.41) is 16.0. The van der Waals surface area contributed by atoms with Crippen LogP contribution >= 0.6 is 15.9 Å². The number of aliphatic hydroxyl groups is 1. The number of ether oxygens (including phenoxy) is 1. The largest absolute Gasteiger partial charge is 0.468 e. The van der Waals surface area contributed by atoms with Crippen molar-refractivity contribution in [1.29, 1.82) is 0 Å². The number of carbonyl (C=O) groups is 1. The number of rotatable bonds is 6. The Balaban J connectivity index is 2.97. The first kappa shape index (κ1) is 15.6. The number of halogens is 1. The first-order chi connectivity index (χ1) is 9.03. The van der Waals surface area contributed by atoms with Crippen molar-refractivity contribution in [2.24, 2.45) is 0 Å². The molecule has 1 rings (SSSR count). The van der Waals surface area contributed by atoms with Crippen LogP contribution in [0.15, 0.2) is 15.5 Å². The van der Waals surface area contributed by atoms with E-state index in [0.717, 1.165) is 4.68 Å². The van der Waals surface area contributed by atoms with Gasteiger partial charge in [-0.2, -0.15) is 5.10 Å². The average molecular weight is 334 g/mol. The summed E-state index contributed by atoms with van der Waals surface area (Å²) in [6.45, 7) is 1.62. The van der Waals surface area contributed by atoms with Crippen LogP contribution in [0.3, 0.4) is 0 Å². The van der Waals surface area contributed by atoms with Crippen LogP contribution in [0.2, 0.25) is 0 Å². The van der Waals surface area contributed by atoms with Crippen molar-refractivity contribution in [2.45, 2.75) is 25.9 Å². The molecule has 0 spiro atoms. The highest BCUT2D eigenvalue weighted by Crippen LogP contribution is 2.17. The van der Waals surface area contributed by atoms with Gasteiger partial charge in [0, 0.05) is 6.04 Å². The minimum absolute atomic E-state index is 0.0474. The van der Waals surface area contributed by atoms with E-state index in [-0.39, 0.29) is 23.7 Å². The molecule has 0 aliphatic heterocycles. The molecule has 0 saturated heterocycles. The van der Waals surface area contributed by atoms with E-state index in [1.54, 1.807) is 0 Å². The standard InChI is InChI=1S/C11H16BrN3O4/c1-3-7(6-16)14-8-4-13-15(5-9(17)19-2)11(18)10(8)12/h4,7,14,16H,3,5-6H2,1-2H3. The van der Waals surface area contributed by atoms with Crippen molar-refractivity contribution in [3.8, 4) is 0 Å². The molecule has 0 fully saturated rings. The Labute approximate surface area is 118 Å². The van der Waals surface area contributed by atoms with Gasteiger partial charge < -0.3 is 15.2 Å². The molecule has 8 heteroatoms. The highest BCUT2D eigenvalue weighted by atomic mass is 79.9. The average Bonchev–Trinajstić information content (AvgIpc) is 2.43. The summed E-state index contributed by atoms with van der Waals surface area (Å²) < 4.78 is 5.74. The number of aliphatic hydroxyl groups excluding tert-OH is 1. The number of esters is 1. The van der Waals surface area contributed by atoms with E-state index in [9.17, 15) is 9.59 Å². The van der Waals surface area contributed by atoms with Gasteiger partial charge in [-0.25, -0.2) is 4.68 Å². The Morgan fingerprint density at radius 1 is 1.68 bits per heavy atom. The van der Waals surface area contributed by atoms with Crippen LogP contribution in [-0.2, 0) is 16.1 Å². The zero-order valence-electron chi connectivity index (χ0n) is 10.7. The van der Waals surface area contributed by atoms with Crippen LogP contribution in [0.4, 0.5) is 5.69 Å². The van der Waals surface area contributed by atoms with Gasteiger partial charge in [-0.05, 0) is 22.4 Å². The second-order valence-electron chi connectivity index (χ2n) is 3.84. The maximum Gasteiger partial charge on any atom is 0.327 e. The predicted octanol–water partition coefficient (Wildman–Crippen LogP) is 0.362. The fraction of sp³-hybridized carbons (Fsp3) is 0.545. The summed E-state index contributed by atoms with van der Waals surface area (Å²) >= 11 is 3.16. The minimum atomic E-state index is -0.552. The second kappa shape index (κ2) is 7.25. The smallest absolute Gasteiger partial charge is 0.327 e. The van der Waals surface area contributed by atoms with Crippen molar-refractivity contribution < 1.29 is 14.6 Å². The van der Waals surface area contributed by atoms with Crippen molar-refractivity contribution in [3.63, 3.8) is 0 Å². The molecule has 0 saturated carbocycles. The zero-order chi connectivity index (χ0) is 14.4. The lowest BCUT2D eigenvalue weighted by Crippen LogP contribution is -2.30. The Kier molecular flexibility index (Phi) is 5.97. The van der Waals surface area contributed by atoms with E-state index in [1.807, 2.05) is 6.92 Å². The lowest BCUT2D eigenvalue weighted by molar-refractivity contribution is -0.141. The van der Waals surface area contributed by atoms with Crippen molar-refractivity contribution in [3.05, 3.63) is 21.0 Å². The van der Waals surface area contributed by atoms with E-state index in [2.05, 4.69) is 31.1 Å². The van der Waals surface area contributed by atoms with E-state index in [1.165, 1.54) is 13.3 Å². The van der Waals surface area contributed by atoms with Crippen LogP contribution in [-0.4, -0.2) is 40.6 Å². The molecule has 19 heavy (non-hydrogen) atoms. The molecule has 1 aromatic rings. The SMILES string of the molecule is CCC(CO)Nc1cnn(CC(=O)OC)c(=O)c1Br. The third kappa shape index (κ3) is 4.03. The number of anilines is 1. The van der Waals surface area contributed by atoms with Gasteiger partial charge in [-0.15, -0.1) is 0 Å². The van der Waals surface area contributed by atoms with E-state index in [4.69, 9.17) is 5.11 Å². The van der Waals surface area contributed by atoms with Crippen molar-refractivity contribution in [1.82, 2.24) is 9.78 Å². The number of methoxy groups -OCH3 is 1. The Bertz CT molecular complexity index is 499. The monoisotopic (exact) mass is 333 g/mol. The van der Waals surface area contributed by atoms with Gasteiger partial charge in [0.15, 0.2) is 0 Å². The fourth-order valence-electron chi connectivity index (χ4n) is 1.36. The maximum atomic E-state index is 11.9. The minimum Gasteiger partial charge on any atom is -0.468 e. The van der Waals surface area contributed by atoms with Gasteiger partial charge in [-0.3, -0.25) is 9.59 Å². The molecule has 7 nitrogen and oxygen atoms in total. The first-order valence-corrected chi connectivity index (χ1v) is 6.52. The summed E-state index contributed by atoms with van der Waals surface area (Å²) in [6, 6.07) is -0.158. The van der Waals surface area contributed by atoms with Crippen LogP contribution < -0.4 is 10.9 Å². The number of hydrogen-bond donors (Lipinski definition) is 2. The Morgan fingerprint density at radius 2 is 2.37 bits per heavy atom. The highest BCUT2D eigenvalue weighted by molar-refractivity contribution is 9.10. The third-order valence-electron chi connectivity index (χ3n) is 2.56. The summed E-state index contributed by atoms with van der Waals surface area (Å²) in [4.78, 5) is 23.1. The highest BCUT2D eigenvalue weighted by Gasteiger charge is 2.13. The van der Waals surface area contributed by atoms with E-state index < -0.39 is 11.5 Å². The summed E-state index contributed by atoms with van der Waals surface area (Å²) in [6.07, 6.45) is 2.13. The summed E-state index contributed by atoms with van der Waals surface area (Å²) in [5.74, 6) is -0.552. The van der Waals surface area contributed by atoms with Gasteiger partial charge >= 0.3 is 5.97 Å². The number of hydrogen-bond acceptors (Lipinski definition) is 6. The van der Waals surface area contributed by atoms with Gasteiger partial charge in [0.1, 0.15) is 11.0 Å². The Morgan fingerprint density at radius 3 is 2.89 bits per heavy atom. The fourth-order valence-corrected chi connectivity index (χ4v) is 1.78. The molecule has 0 aliphatic rings. The number of nitrogens with zero attached hydrogens (tertiary/aromatic N) is 2. The topological polar surface area (TPSA) is 93.5 Å². The molecule has 0 amide bonds. The first-order valence-electron chi connectivity index (χ1n) is 5.73. The molecule has 1 aromatic heterocycles. The van der Waals surface area contributed by atoms with Crippen LogP contribution in [0, 0.1) is 0 Å². The molecule has 2 N–H and O–H groups in total. The van der Waals surface area contributed by atoms with Crippen LogP contribution in [0.1, 0.15) is 13.3 Å². The lowest BCUT2D eigenvalue weighted by Gasteiger charge is -2.16. The van der Waals surface area contributed by atoms with Crippen molar-refractivity contribution in [2.75, 3.05) is 19.0 Å². The van der Waals surface area contributed by atoms with Crippen LogP contribution in [0.25, 0.3) is 0 Å². The normalized spacial score (nSPS) is 12.0. The van der Waals surface area contributed by atoms with E-state index >= 15 is 0 Å². The number of carbonyl (C=O) groups excluding carboxylic acids is 1. The zero-order valence-corrected chi connectivity index (χ0v) is 12.3. The quantitative estimate of drug-likeness (QED) is 0.730. The second-order valence-corrected chi connectivity index (χ2v) is 4.64. The summed E-state index contributed by atoms with van der Waals surface area (Å²) in [5.41, 5.74) is 0.0372. The molecule has 1 heterocycles. The van der Waals surface area contributed by atoms with Gasteiger partial charge in [0.2, 0.25) is 0 Å². The predicted molar refractivity (Wildman–Crippen MR) is 73.0 cm³/mol. The third-order valence-corrected chi connectivity index (χ3v) is 3.33. The van der Waals surface area contributed by atoms with Gasteiger partial charge in [0.05, 0.1) is 25.6 Å². The lowest BCUT2D eigenvalue weighted by atomic mass is 10.2. The molecule has 0 radical (unpaired) electrons. The van der Waals surface area contributed by atoms with Crippen molar-refractivity contribution >= 4 is 27.6 Å². The molecule has 1 atom stereocenters. The molecule has 1 unspecified atom stereocenters. The molecule has 0 bridgehead atoms. The Hall–Kier alpha value is -1.41. The summed E-state index contributed by atoms with van der Waals surface area (Å²) in [7, 11) is 1.24. The molecule has 106 valence electrons. The number of aromatic nitrogens is 2. The van der Waals surface area contributed by atoms with E-state index in [0.29, 0.717) is 12.1 Å². The molecular formula is C11H16BrN3O4. The molecule has 0 aliphatic carbocycles. The van der Waals surface area contributed by atoms with Crippen LogP contribution in [0.5, 0.6) is 0 Å². The van der Waals surface area contributed by atoms with Gasteiger partial charge in [0.25, 0.3) is 5.56 Å². The van der Waals surface area contributed by atoms with Gasteiger partial charge in [-0.1, -0.05) is 6.92 Å². The molecular weight excluding hydrogens is 318 g/mol.